The minimum atomic E-state index is -3.23. The molecule has 0 saturated heterocycles. The van der Waals surface area contributed by atoms with Crippen molar-refractivity contribution in [1.29, 1.82) is 0 Å². The van der Waals surface area contributed by atoms with Crippen molar-refractivity contribution in [2.75, 3.05) is 25.4 Å². The molecule has 1 aromatic heterocycles. The van der Waals surface area contributed by atoms with E-state index in [0.29, 0.717) is 19.5 Å². The van der Waals surface area contributed by atoms with E-state index in [-0.39, 0.29) is 18.2 Å². The minimum Gasteiger partial charge on any atom is -0.361 e. The van der Waals surface area contributed by atoms with Crippen LogP contribution >= 0.6 is 0 Å². The average molecular weight is 351 g/mol. The molecule has 132 valence electrons. The lowest BCUT2D eigenvalue weighted by Crippen LogP contribution is -2.39. The van der Waals surface area contributed by atoms with E-state index in [1.54, 1.807) is 4.90 Å². The largest absolute Gasteiger partial charge is 0.361 e. The van der Waals surface area contributed by atoms with Gasteiger partial charge in [0.25, 0.3) is 0 Å². The van der Waals surface area contributed by atoms with Crippen LogP contribution in [0.3, 0.4) is 0 Å². The molecule has 6 nitrogen and oxygen atoms in total. The smallest absolute Gasteiger partial charge is 0.219 e. The molecule has 0 fully saturated rings. The van der Waals surface area contributed by atoms with Crippen LogP contribution in [-0.2, 0) is 21.2 Å². The molecule has 24 heavy (non-hydrogen) atoms. The summed E-state index contributed by atoms with van der Waals surface area (Å²) >= 11 is 0. The third-order valence-corrected chi connectivity index (χ3v) is 5.54. The second-order valence-corrected chi connectivity index (χ2v) is 7.76. The first kappa shape index (κ1) is 18.5. The molecule has 7 heteroatoms. The molecule has 0 aliphatic heterocycles. The number of fused-ring (bicyclic) bond motifs is 1. The van der Waals surface area contributed by atoms with Crippen LogP contribution in [0.2, 0.25) is 0 Å². The maximum atomic E-state index is 11.8. The van der Waals surface area contributed by atoms with Gasteiger partial charge in [-0.2, -0.15) is 0 Å². The van der Waals surface area contributed by atoms with Crippen LogP contribution in [0, 0.1) is 0 Å². The summed E-state index contributed by atoms with van der Waals surface area (Å²) in [5, 5.41) is 1.16. The Bertz CT molecular complexity index is 783. The standard InChI is InChI=1S/C17H25N3O3S/c1-3-12-24(22,23)19-9-11-20(14(2)21)10-8-15-13-18-17-7-5-4-6-16(15)17/h4-7,13,18-19H,3,8-12H2,1-2H3. The van der Waals surface area contributed by atoms with Crippen LogP contribution in [0.5, 0.6) is 0 Å². The molecular weight excluding hydrogens is 326 g/mol. The molecule has 0 atom stereocenters. The number of amides is 1. The molecule has 0 radical (unpaired) electrons. The highest BCUT2D eigenvalue weighted by molar-refractivity contribution is 7.89. The number of rotatable bonds is 9. The van der Waals surface area contributed by atoms with Gasteiger partial charge in [0.05, 0.1) is 5.75 Å². The summed E-state index contributed by atoms with van der Waals surface area (Å²) in [4.78, 5) is 16.7. The molecule has 1 aromatic carbocycles. The Balaban J connectivity index is 1.91. The molecule has 0 aliphatic rings. The second-order valence-electron chi connectivity index (χ2n) is 5.83. The number of aromatic nitrogens is 1. The number of sulfonamides is 1. The highest BCUT2D eigenvalue weighted by Crippen LogP contribution is 2.18. The Kier molecular flexibility index (Phi) is 6.39. The van der Waals surface area contributed by atoms with Gasteiger partial charge in [-0.15, -0.1) is 0 Å². The Morgan fingerprint density at radius 3 is 2.71 bits per heavy atom. The summed E-state index contributed by atoms with van der Waals surface area (Å²) in [7, 11) is -3.23. The molecule has 0 aliphatic carbocycles. The second kappa shape index (κ2) is 8.30. The summed E-state index contributed by atoms with van der Waals surface area (Å²) in [5.74, 6) is 0.0621. The third-order valence-electron chi connectivity index (χ3n) is 3.95. The maximum Gasteiger partial charge on any atom is 0.219 e. The third kappa shape index (κ3) is 5.07. The fourth-order valence-electron chi connectivity index (χ4n) is 2.70. The van der Waals surface area contributed by atoms with Crippen LogP contribution in [0.25, 0.3) is 10.9 Å². The lowest BCUT2D eigenvalue weighted by atomic mass is 10.1. The SMILES string of the molecule is CCCS(=O)(=O)NCCN(CCc1c[nH]c2ccccc12)C(C)=O. The summed E-state index contributed by atoms with van der Waals surface area (Å²) in [6.45, 7) is 4.52. The van der Waals surface area contributed by atoms with E-state index in [2.05, 4.69) is 15.8 Å². The number of hydrogen-bond donors (Lipinski definition) is 2. The van der Waals surface area contributed by atoms with E-state index in [1.807, 2.05) is 31.3 Å². The van der Waals surface area contributed by atoms with Gasteiger partial charge in [0.1, 0.15) is 0 Å². The number of benzene rings is 1. The number of aromatic amines is 1. The van der Waals surface area contributed by atoms with Gasteiger partial charge in [-0.25, -0.2) is 13.1 Å². The first-order valence-corrected chi connectivity index (χ1v) is 9.86. The van der Waals surface area contributed by atoms with Gasteiger partial charge in [-0.05, 0) is 24.5 Å². The van der Waals surface area contributed by atoms with Crippen molar-refractivity contribution < 1.29 is 13.2 Å². The van der Waals surface area contributed by atoms with Crippen molar-refractivity contribution in [1.82, 2.24) is 14.6 Å². The van der Waals surface area contributed by atoms with Crippen molar-refractivity contribution in [3.8, 4) is 0 Å². The molecule has 0 saturated carbocycles. The van der Waals surface area contributed by atoms with E-state index in [4.69, 9.17) is 0 Å². The van der Waals surface area contributed by atoms with Crippen LogP contribution in [0.1, 0.15) is 25.8 Å². The number of para-hydroxylation sites is 1. The molecule has 0 spiro atoms. The van der Waals surface area contributed by atoms with Crippen molar-refractivity contribution in [2.24, 2.45) is 0 Å². The van der Waals surface area contributed by atoms with Crippen LogP contribution < -0.4 is 4.72 Å². The van der Waals surface area contributed by atoms with Crippen LogP contribution in [0.15, 0.2) is 30.5 Å². The Labute approximate surface area is 143 Å². The number of nitrogens with zero attached hydrogens (tertiary/aromatic N) is 1. The monoisotopic (exact) mass is 351 g/mol. The Hall–Kier alpha value is -1.86. The fourth-order valence-corrected chi connectivity index (χ4v) is 3.78. The molecule has 1 amide bonds. The lowest BCUT2D eigenvalue weighted by molar-refractivity contribution is -0.128. The van der Waals surface area contributed by atoms with Crippen molar-refractivity contribution >= 4 is 26.8 Å². The first-order valence-electron chi connectivity index (χ1n) is 8.21. The quantitative estimate of drug-likeness (QED) is 0.724. The minimum absolute atomic E-state index is 0.0514. The van der Waals surface area contributed by atoms with Crippen LogP contribution in [-0.4, -0.2) is 49.6 Å². The predicted octanol–water partition coefficient (Wildman–Crippen LogP) is 1.89. The zero-order chi connectivity index (χ0) is 17.6. The molecule has 2 aromatic rings. The van der Waals surface area contributed by atoms with Gasteiger partial charge < -0.3 is 9.88 Å². The van der Waals surface area contributed by atoms with E-state index in [9.17, 15) is 13.2 Å². The van der Waals surface area contributed by atoms with E-state index < -0.39 is 10.0 Å². The maximum absolute atomic E-state index is 11.8. The molecule has 0 unspecified atom stereocenters. The van der Waals surface area contributed by atoms with Crippen molar-refractivity contribution in [3.05, 3.63) is 36.0 Å². The molecule has 1 heterocycles. The first-order chi connectivity index (χ1) is 11.4. The van der Waals surface area contributed by atoms with Gasteiger partial charge >= 0.3 is 0 Å². The topological polar surface area (TPSA) is 82.3 Å². The summed E-state index contributed by atoms with van der Waals surface area (Å²) in [5.41, 5.74) is 2.23. The van der Waals surface area contributed by atoms with E-state index in [0.717, 1.165) is 22.9 Å². The number of hydrogen-bond acceptors (Lipinski definition) is 3. The zero-order valence-electron chi connectivity index (χ0n) is 14.2. The summed E-state index contributed by atoms with van der Waals surface area (Å²) in [6, 6.07) is 8.04. The average Bonchev–Trinajstić information content (AvgIpc) is 2.93. The highest BCUT2D eigenvalue weighted by atomic mass is 32.2. The van der Waals surface area contributed by atoms with Gasteiger partial charge in [-0.1, -0.05) is 25.1 Å². The molecular formula is C17H25N3O3S. The van der Waals surface area contributed by atoms with E-state index >= 15 is 0 Å². The zero-order valence-corrected chi connectivity index (χ0v) is 15.0. The van der Waals surface area contributed by atoms with Gasteiger partial charge in [0, 0.05) is 43.7 Å². The highest BCUT2D eigenvalue weighted by Gasteiger charge is 2.13. The molecule has 2 N–H and O–H groups in total. The van der Waals surface area contributed by atoms with Crippen molar-refractivity contribution in [3.63, 3.8) is 0 Å². The molecule has 2 rings (SSSR count). The summed E-state index contributed by atoms with van der Waals surface area (Å²) in [6.07, 6.45) is 3.27. The van der Waals surface area contributed by atoms with Gasteiger partial charge in [0.15, 0.2) is 0 Å². The number of carbonyl (C=O) groups is 1. The number of nitrogens with one attached hydrogen (secondary N) is 2. The number of carbonyl (C=O) groups excluding carboxylic acids is 1. The summed E-state index contributed by atoms with van der Waals surface area (Å²) < 4.78 is 25.8. The normalized spacial score (nSPS) is 11.8. The Morgan fingerprint density at radius 2 is 2.00 bits per heavy atom. The number of H-pyrrole nitrogens is 1. The molecule has 0 bridgehead atoms. The van der Waals surface area contributed by atoms with Gasteiger partial charge in [0.2, 0.25) is 15.9 Å². The lowest BCUT2D eigenvalue weighted by Gasteiger charge is -2.21. The van der Waals surface area contributed by atoms with Crippen LogP contribution in [0.4, 0.5) is 0 Å². The van der Waals surface area contributed by atoms with Crippen molar-refractivity contribution in [2.45, 2.75) is 26.7 Å². The fraction of sp³-hybridized carbons (Fsp3) is 0.471. The predicted molar refractivity (Wildman–Crippen MR) is 96.3 cm³/mol. The van der Waals surface area contributed by atoms with Gasteiger partial charge in [-0.3, -0.25) is 4.79 Å². The van der Waals surface area contributed by atoms with E-state index in [1.165, 1.54) is 6.92 Å². The Morgan fingerprint density at radius 1 is 1.25 bits per heavy atom.